The number of nitrogens with zero attached hydrogens (tertiary/aromatic N) is 3. The third-order valence-electron chi connectivity index (χ3n) is 3.73. The summed E-state index contributed by atoms with van der Waals surface area (Å²) in [5, 5.41) is 11.2. The van der Waals surface area contributed by atoms with Crippen molar-refractivity contribution >= 4 is 17.5 Å². The molecular formula is C18H15FN4OS. The number of halogens is 1. The highest BCUT2D eigenvalue weighted by molar-refractivity contribution is 8.02. The van der Waals surface area contributed by atoms with Gasteiger partial charge in [-0.2, -0.15) is 0 Å². The first-order valence-corrected chi connectivity index (χ1v) is 8.71. The standard InChI is InChI=1S/C18H15FN4OS/c1-2-24-15-9-5-13(6-10-15)17-20-21-18-23(17)22-16(11-25-18)12-3-7-14(19)8-4-12/h3-11,22H,2H2,1H3. The molecule has 0 saturated carbocycles. The molecule has 5 nitrogen and oxygen atoms in total. The average molecular weight is 354 g/mol. The van der Waals surface area contributed by atoms with Gasteiger partial charge in [-0.05, 0) is 55.5 Å². The van der Waals surface area contributed by atoms with Gasteiger partial charge in [0, 0.05) is 16.5 Å². The molecule has 0 radical (unpaired) electrons. The van der Waals surface area contributed by atoms with Crippen LogP contribution < -0.4 is 10.2 Å². The summed E-state index contributed by atoms with van der Waals surface area (Å²) in [4.78, 5) is 0. The SMILES string of the molecule is CCOc1ccc(-c2nnc3n2NC(c2ccc(F)cc2)=CS3)cc1. The maximum Gasteiger partial charge on any atom is 0.214 e. The van der Waals surface area contributed by atoms with Crippen LogP contribution in [0.4, 0.5) is 4.39 Å². The zero-order valence-electron chi connectivity index (χ0n) is 13.4. The number of hydrogen-bond donors (Lipinski definition) is 1. The van der Waals surface area contributed by atoms with Crippen LogP contribution >= 0.6 is 11.8 Å². The minimum Gasteiger partial charge on any atom is -0.494 e. The fourth-order valence-corrected chi connectivity index (χ4v) is 3.26. The summed E-state index contributed by atoms with van der Waals surface area (Å²) >= 11 is 1.47. The summed E-state index contributed by atoms with van der Waals surface area (Å²) in [6.45, 7) is 2.58. The van der Waals surface area contributed by atoms with Gasteiger partial charge in [0.25, 0.3) is 0 Å². The average Bonchev–Trinajstić information content (AvgIpc) is 3.06. The van der Waals surface area contributed by atoms with Crippen LogP contribution in [0.25, 0.3) is 17.1 Å². The third-order valence-corrected chi connectivity index (χ3v) is 4.56. The first-order valence-electron chi connectivity index (χ1n) is 7.83. The second-order valence-electron chi connectivity index (χ2n) is 5.37. The lowest BCUT2D eigenvalue weighted by molar-refractivity contribution is 0.340. The molecule has 0 spiro atoms. The number of fused-ring (bicyclic) bond motifs is 1. The van der Waals surface area contributed by atoms with Crippen molar-refractivity contribution in [2.75, 3.05) is 12.0 Å². The lowest BCUT2D eigenvalue weighted by Gasteiger charge is -2.19. The van der Waals surface area contributed by atoms with Crippen molar-refractivity contribution in [2.45, 2.75) is 12.1 Å². The van der Waals surface area contributed by atoms with E-state index in [-0.39, 0.29) is 5.82 Å². The zero-order chi connectivity index (χ0) is 17.2. The van der Waals surface area contributed by atoms with E-state index < -0.39 is 0 Å². The minimum absolute atomic E-state index is 0.257. The van der Waals surface area contributed by atoms with Gasteiger partial charge in [0.15, 0.2) is 5.82 Å². The lowest BCUT2D eigenvalue weighted by Crippen LogP contribution is -2.18. The molecule has 7 heteroatoms. The van der Waals surface area contributed by atoms with Crippen LogP contribution in [0.15, 0.2) is 59.1 Å². The van der Waals surface area contributed by atoms with Crippen molar-refractivity contribution in [2.24, 2.45) is 0 Å². The number of hydrogen-bond acceptors (Lipinski definition) is 5. The van der Waals surface area contributed by atoms with Crippen molar-refractivity contribution in [1.29, 1.82) is 0 Å². The van der Waals surface area contributed by atoms with Gasteiger partial charge in [0.2, 0.25) is 5.16 Å². The largest absolute Gasteiger partial charge is 0.494 e. The van der Waals surface area contributed by atoms with Gasteiger partial charge in [-0.15, -0.1) is 10.2 Å². The van der Waals surface area contributed by atoms with Gasteiger partial charge < -0.3 is 4.74 Å². The van der Waals surface area contributed by atoms with E-state index in [0.29, 0.717) is 12.4 Å². The summed E-state index contributed by atoms with van der Waals surface area (Å²) in [5.74, 6) is 1.27. The molecule has 1 aliphatic heterocycles. The molecule has 1 aliphatic rings. The Morgan fingerprint density at radius 1 is 1.04 bits per heavy atom. The van der Waals surface area contributed by atoms with Crippen molar-refractivity contribution in [3.63, 3.8) is 0 Å². The number of aromatic nitrogens is 3. The summed E-state index contributed by atoms with van der Waals surface area (Å²) in [6, 6.07) is 14.1. The van der Waals surface area contributed by atoms with Gasteiger partial charge in [-0.25, -0.2) is 9.07 Å². The second kappa shape index (κ2) is 6.60. The van der Waals surface area contributed by atoms with Crippen LogP contribution in [0, 0.1) is 5.82 Å². The lowest BCUT2D eigenvalue weighted by atomic mass is 10.2. The Morgan fingerprint density at radius 3 is 2.48 bits per heavy atom. The van der Waals surface area contributed by atoms with E-state index in [1.54, 1.807) is 12.1 Å². The fraction of sp³-hybridized carbons (Fsp3) is 0.111. The molecule has 3 aromatic rings. The summed E-state index contributed by atoms with van der Waals surface area (Å²) in [5.41, 5.74) is 5.98. The molecule has 0 saturated heterocycles. The molecule has 1 N–H and O–H groups in total. The Hall–Kier alpha value is -2.80. The molecule has 2 heterocycles. The number of nitrogens with one attached hydrogen (secondary N) is 1. The Morgan fingerprint density at radius 2 is 1.76 bits per heavy atom. The minimum atomic E-state index is -0.257. The molecule has 0 amide bonds. The number of thioether (sulfide) groups is 1. The van der Waals surface area contributed by atoms with Crippen LogP contribution in [-0.4, -0.2) is 21.5 Å². The van der Waals surface area contributed by atoms with Crippen molar-refractivity contribution in [3.8, 4) is 17.1 Å². The normalized spacial score (nSPS) is 13.0. The van der Waals surface area contributed by atoms with E-state index in [1.807, 2.05) is 41.3 Å². The summed E-state index contributed by atoms with van der Waals surface area (Å²) in [6.07, 6.45) is 0. The Kier molecular flexibility index (Phi) is 4.15. The number of rotatable bonds is 4. The third kappa shape index (κ3) is 3.10. The monoisotopic (exact) mass is 354 g/mol. The van der Waals surface area contributed by atoms with Crippen LogP contribution in [0.2, 0.25) is 0 Å². The second-order valence-corrected chi connectivity index (χ2v) is 6.20. The predicted octanol–water partition coefficient (Wildman–Crippen LogP) is 4.13. The van der Waals surface area contributed by atoms with Gasteiger partial charge >= 0.3 is 0 Å². The number of ether oxygens (including phenoxy) is 1. The molecule has 25 heavy (non-hydrogen) atoms. The molecule has 1 aromatic heterocycles. The van der Waals surface area contributed by atoms with Crippen LogP contribution in [-0.2, 0) is 0 Å². The van der Waals surface area contributed by atoms with E-state index in [9.17, 15) is 4.39 Å². The molecule has 0 atom stereocenters. The van der Waals surface area contributed by atoms with E-state index in [0.717, 1.165) is 27.7 Å². The highest BCUT2D eigenvalue weighted by Crippen LogP contribution is 2.31. The highest BCUT2D eigenvalue weighted by atomic mass is 32.2. The van der Waals surface area contributed by atoms with E-state index >= 15 is 0 Å². The molecule has 0 fully saturated rings. The molecule has 0 bridgehead atoms. The smallest absolute Gasteiger partial charge is 0.214 e. The summed E-state index contributed by atoms with van der Waals surface area (Å²) < 4.78 is 20.4. The highest BCUT2D eigenvalue weighted by Gasteiger charge is 2.19. The zero-order valence-corrected chi connectivity index (χ0v) is 14.3. The molecule has 126 valence electrons. The van der Waals surface area contributed by atoms with E-state index in [1.165, 1.54) is 23.9 Å². The summed E-state index contributed by atoms with van der Waals surface area (Å²) in [7, 11) is 0. The van der Waals surface area contributed by atoms with Crippen LogP contribution in [0.1, 0.15) is 12.5 Å². The van der Waals surface area contributed by atoms with E-state index in [2.05, 4.69) is 15.6 Å². The van der Waals surface area contributed by atoms with Crippen molar-refractivity contribution in [3.05, 3.63) is 65.3 Å². The molecule has 4 rings (SSSR count). The van der Waals surface area contributed by atoms with Gasteiger partial charge in [-0.1, -0.05) is 11.8 Å². The quantitative estimate of drug-likeness (QED) is 0.763. The molecular weight excluding hydrogens is 339 g/mol. The first kappa shape index (κ1) is 15.7. The molecule has 2 aromatic carbocycles. The first-order chi connectivity index (χ1) is 12.2. The predicted molar refractivity (Wildman–Crippen MR) is 96.2 cm³/mol. The Labute approximate surface area is 148 Å². The van der Waals surface area contributed by atoms with Crippen molar-refractivity contribution in [1.82, 2.24) is 14.9 Å². The van der Waals surface area contributed by atoms with Gasteiger partial charge in [0.05, 0.1) is 12.3 Å². The topological polar surface area (TPSA) is 52.0 Å². The maximum atomic E-state index is 13.1. The van der Waals surface area contributed by atoms with Crippen LogP contribution in [0.3, 0.4) is 0 Å². The number of benzene rings is 2. The fourth-order valence-electron chi connectivity index (χ4n) is 2.52. The molecule has 0 unspecified atom stereocenters. The van der Waals surface area contributed by atoms with Crippen molar-refractivity contribution < 1.29 is 9.13 Å². The van der Waals surface area contributed by atoms with Gasteiger partial charge in [-0.3, -0.25) is 5.43 Å². The van der Waals surface area contributed by atoms with E-state index in [4.69, 9.17) is 4.74 Å². The van der Waals surface area contributed by atoms with Gasteiger partial charge in [0.1, 0.15) is 11.6 Å². The Balaban J connectivity index is 1.63. The maximum absolute atomic E-state index is 13.1. The Bertz CT molecular complexity index is 919. The molecule has 0 aliphatic carbocycles. The van der Waals surface area contributed by atoms with Crippen LogP contribution in [0.5, 0.6) is 5.75 Å².